The number of aromatic nitrogens is 1. The fourth-order valence-corrected chi connectivity index (χ4v) is 3.44. The van der Waals surface area contributed by atoms with Crippen molar-refractivity contribution in [3.05, 3.63) is 69.7 Å². The summed E-state index contributed by atoms with van der Waals surface area (Å²) in [5.74, 6) is 0.139. The van der Waals surface area contributed by atoms with E-state index in [0.717, 1.165) is 12.1 Å². The van der Waals surface area contributed by atoms with Crippen LogP contribution in [0, 0.1) is 0 Å². The molecule has 0 aliphatic heterocycles. The SMILES string of the molecule is COc1ccc(Cl)cc1C=NNC(=O)Cc1csc(Nc2cccc(C(F)(F)F)c2)n1. The highest BCUT2D eigenvalue weighted by molar-refractivity contribution is 7.13. The van der Waals surface area contributed by atoms with Crippen molar-refractivity contribution < 1.29 is 22.7 Å². The molecule has 0 atom stereocenters. The molecule has 0 radical (unpaired) electrons. The Morgan fingerprint density at radius 2 is 2.10 bits per heavy atom. The summed E-state index contributed by atoms with van der Waals surface area (Å²) in [5, 5.41) is 9.20. The molecule has 0 saturated heterocycles. The first-order valence-corrected chi connectivity index (χ1v) is 10.0. The molecule has 1 aromatic heterocycles. The number of ether oxygens (including phenoxy) is 1. The normalized spacial score (nSPS) is 11.5. The first-order valence-electron chi connectivity index (χ1n) is 8.79. The van der Waals surface area contributed by atoms with Gasteiger partial charge in [-0.1, -0.05) is 17.7 Å². The van der Waals surface area contributed by atoms with Crippen LogP contribution in [0.4, 0.5) is 24.0 Å². The van der Waals surface area contributed by atoms with E-state index in [9.17, 15) is 18.0 Å². The van der Waals surface area contributed by atoms with Crippen molar-refractivity contribution in [1.29, 1.82) is 0 Å². The molecule has 0 saturated carbocycles. The highest BCUT2D eigenvalue weighted by atomic mass is 35.5. The van der Waals surface area contributed by atoms with E-state index in [-0.39, 0.29) is 12.1 Å². The van der Waals surface area contributed by atoms with Crippen molar-refractivity contribution in [2.24, 2.45) is 5.10 Å². The standard InChI is InChI=1S/C20H16ClF3N4O2S/c1-30-17-6-5-14(21)7-12(17)10-25-28-18(29)9-16-11-31-19(27-16)26-15-4-2-3-13(8-15)20(22,23)24/h2-8,10-11H,9H2,1H3,(H,26,27)(H,28,29). The molecule has 0 aliphatic rings. The fraction of sp³-hybridized carbons (Fsp3) is 0.150. The van der Waals surface area contributed by atoms with Gasteiger partial charge in [-0.15, -0.1) is 11.3 Å². The number of anilines is 2. The van der Waals surface area contributed by atoms with Crippen LogP contribution in [0.2, 0.25) is 5.02 Å². The zero-order valence-electron chi connectivity index (χ0n) is 16.0. The molecule has 11 heteroatoms. The van der Waals surface area contributed by atoms with Crippen LogP contribution in [0.3, 0.4) is 0 Å². The van der Waals surface area contributed by atoms with Crippen molar-refractivity contribution in [1.82, 2.24) is 10.4 Å². The molecule has 3 rings (SSSR count). The Morgan fingerprint density at radius 1 is 1.29 bits per heavy atom. The lowest BCUT2D eigenvalue weighted by atomic mass is 10.2. The molecule has 2 aromatic carbocycles. The van der Waals surface area contributed by atoms with Crippen LogP contribution in [-0.2, 0) is 17.4 Å². The van der Waals surface area contributed by atoms with Gasteiger partial charge in [0.1, 0.15) is 5.75 Å². The monoisotopic (exact) mass is 468 g/mol. The Balaban J connectivity index is 1.57. The third-order valence-corrected chi connectivity index (χ3v) is 4.96. The summed E-state index contributed by atoms with van der Waals surface area (Å²) in [7, 11) is 1.51. The third kappa shape index (κ3) is 6.43. The number of nitrogens with zero attached hydrogens (tertiary/aromatic N) is 2. The minimum Gasteiger partial charge on any atom is -0.496 e. The van der Waals surface area contributed by atoms with E-state index < -0.39 is 17.6 Å². The Hall–Kier alpha value is -3.11. The van der Waals surface area contributed by atoms with Crippen molar-refractivity contribution in [3.63, 3.8) is 0 Å². The molecule has 0 spiro atoms. The quantitative estimate of drug-likeness (QED) is 0.366. The average molecular weight is 469 g/mol. The molecule has 1 heterocycles. The second-order valence-corrected chi connectivity index (χ2v) is 7.50. The van der Waals surface area contributed by atoms with Crippen LogP contribution in [-0.4, -0.2) is 24.2 Å². The summed E-state index contributed by atoms with van der Waals surface area (Å²) >= 11 is 7.11. The average Bonchev–Trinajstić information content (AvgIpc) is 3.14. The number of halogens is 4. The molecule has 1 amide bonds. The van der Waals surface area contributed by atoms with E-state index in [2.05, 4.69) is 20.8 Å². The summed E-state index contributed by atoms with van der Waals surface area (Å²) in [4.78, 5) is 16.3. The molecule has 0 aliphatic carbocycles. The molecule has 3 aromatic rings. The molecular formula is C20H16ClF3N4O2S. The summed E-state index contributed by atoms with van der Waals surface area (Å²) in [6, 6.07) is 9.78. The van der Waals surface area contributed by atoms with Gasteiger partial charge in [-0.3, -0.25) is 4.79 Å². The van der Waals surface area contributed by atoms with E-state index in [0.29, 0.717) is 27.2 Å². The number of carbonyl (C=O) groups excluding carboxylic acids is 1. The minimum atomic E-state index is -4.43. The molecule has 0 fully saturated rings. The lowest BCUT2D eigenvalue weighted by Gasteiger charge is -2.08. The largest absolute Gasteiger partial charge is 0.496 e. The third-order valence-electron chi connectivity index (χ3n) is 3.92. The highest BCUT2D eigenvalue weighted by Gasteiger charge is 2.30. The summed E-state index contributed by atoms with van der Waals surface area (Å²) < 4.78 is 43.6. The molecule has 6 nitrogen and oxygen atoms in total. The molecule has 2 N–H and O–H groups in total. The Bertz CT molecular complexity index is 1100. The number of alkyl halides is 3. The summed E-state index contributed by atoms with van der Waals surface area (Å²) in [6.45, 7) is 0. The first-order chi connectivity index (χ1) is 14.7. The van der Waals surface area contributed by atoms with Gasteiger partial charge >= 0.3 is 6.18 Å². The minimum absolute atomic E-state index is 0.0508. The number of rotatable bonds is 7. The number of methoxy groups -OCH3 is 1. The lowest BCUT2D eigenvalue weighted by molar-refractivity contribution is -0.137. The molecule has 162 valence electrons. The smallest absolute Gasteiger partial charge is 0.416 e. The topological polar surface area (TPSA) is 75.6 Å². The van der Waals surface area contributed by atoms with Gasteiger partial charge in [-0.25, -0.2) is 10.4 Å². The Kier molecular flexibility index (Phi) is 7.13. The number of hydrogen-bond acceptors (Lipinski definition) is 6. The van der Waals surface area contributed by atoms with Crippen LogP contribution < -0.4 is 15.5 Å². The maximum Gasteiger partial charge on any atom is 0.416 e. The first kappa shape index (κ1) is 22.6. The maximum absolute atomic E-state index is 12.8. The second-order valence-electron chi connectivity index (χ2n) is 6.20. The fourth-order valence-electron chi connectivity index (χ4n) is 2.53. The van der Waals surface area contributed by atoms with Crippen molar-refractivity contribution in [2.75, 3.05) is 12.4 Å². The van der Waals surface area contributed by atoms with Gasteiger partial charge < -0.3 is 10.1 Å². The number of nitrogens with one attached hydrogen (secondary N) is 2. The van der Waals surface area contributed by atoms with Gasteiger partial charge in [0.05, 0.1) is 31.0 Å². The number of amides is 1. The van der Waals surface area contributed by atoms with Gasteiger partial charge in [0.25, 0.3) is 0 Å². The predicted octanol–water partition coefficient (Wildman–Crippen LogP) is 5.26. The van der Waals surface area contributed by atoms with Crippen molar-refractivity contribution in [3.8, 4) is 5.75 Å². The van der Waals surface area contributed by atoms with E-state index in [4.69, 9.17) is 16.3 Å². The van der Waals surface area contributed by atoms with Gasteiger partial charge in [0.2, 0.25) is 5.91 Å². The van der Waals surface area contributed by atoms with Gasteiger partial charge in [0.15, 0.2) is 5.13 Å². The number of thiazole rings is 1. The maximum atomic E-state index is 12.8. The second kappa shape index (κ2) is 9.80. The van der Waals surface area contributed by atoms with Crippen LogP contribution >= 0.6 is 22.9 Å². The van der Waals surface area contributed by atoms with E-state index in [1.165, 1.54) is 36.8 Å². The number of benzene rings is 2. The van der Waals surface area contributed by atoms with E-state index >= 15 is 0 Å². The van der Waals surface area contributed by atoms with Crippen LogP contribution in [0.1, 0.15) is 16.8 Å². The van der Waals surface area contributed by atoms with Gasteiger partial charge in [-0.2, -0.15) is 18.3 Å². The van der Waals surface area contributed by atoms with Gasteiger partial charge in [0, 0.05) is 21.7 Å². The summed E-state index contributed by atoms with van der Waals surface area (Å²) in [5.41, 5.74) is 2.92. The number of hydrogen-bond donors (Lipinski definition) is 2. The van der Waals surface area contributed by atoms with Crippen LogP contribution in [0.25, 0.3) is 0 Å². The molecular weight excluding hydrogens is 453 g/mol. The Labute approximate surface area is 184 Å². The summed E-state index contributed by atoms with van der Waals surface area (Å²) in [6.07, 6.45) is -3.07. The van der Waals surface area contributed by atoms with E-state index in [1.54, 1.807) is 23.6 Å². The zero-order chi connectivity index (χ0) is 22.4. The van der Waals surface area contributed by atoms with Crippen molar-refractivity contribution >= 4 is 45.9 Å². The predicted molar refractivity (Wildman–Crippen MR) is 114 cm³/mol. The Morgan fingerprint density at radius 3 is 2.84 bits per heavy atom. The highest BCUT2D eigenvalue weighted by Crippen LogP contribution is 2.31. The van der Waals surface area contributed by atoms with Crippen LogP contribution in [0.15, 0.2) is 52.9 Å². The number of carbonyl (C=O) groups is 1. The van der Waals surface area contributed by atoms with Crippen LogP contribution in [0.5, 0.6) is 5.75 Å². The van der Waals surface area contributed by atoms with E-state index in [1.807, 2.05) is 0 Å². The molecule has 0 unspecified atom stereocenters. The molecule has 0 bridgehead atoms. The lowest BCUT2D eigenvalue weighted by Crippen LogP contribution is -2.20. The molecule has 31 heavy (non-hydrogen) atoms. The van der Waals surface area contributed by atoms with Crippen molar-refractivity contribution in [2.45, 2.75) is 12.6 Å². The zero-order valence-corrected chi connectivity index (χ0v) is 17.6. The van der Waals surface area contributed by atoms with Gasteiger partial charge in [-0.05, 0) is 36.4 Å². The number of hydrazone groups is 1.